The largest absolute Gasteiger partial charge is 0.352 e. The van der Waals surface area contributed by atoms with Crippen LogP contribution >= 0.6 is 0 Å². The third-order valence-electron chi connectivity index (χ3n) is 4.69. The van der Waals surface area contributed by atoms with Gasteiger partial charge in [0.05, 0.1) is 0 Å². The number of aromatic nitrogens is 2. The lowest BCUT2D eigenvalue weighted by Gasteiger charge is -2.33. The SMILES string of the molecule is CC(C)CCNC(=O)c1nnc(N2CCN(C)CC2)c2ccccc12. The fraction of sp³-hybridized carbons (Fsp3) is 0.526. The van der Waals surface area contributed by atoms with E-state index in [4.69, 9.17) is 0 Å². The van der Waals surface area contributed by atoms with Crippen molar-refractivity contribution in [2.75, 3.05) is 44.7 Å². The minimum absolute atomic E-state index is 0.144. The van der Waals surface area contributed by atoms with E-state index in [0.29, 0.717) is 18.2 Å². The Bertz CT molecular complexity index is 738. The fourth-order valence-corrected chi connectivity index (χ4v) is 3.07. The highest BCUT2D eigenvalue weighted by Crippen LogP contribution is 2.26. The van der Waals surface area contributed by atoms with E-state index in [-0.39, 0.29) is 5.91 Å². The zero-order valence-corrected chi connectivity index (χ0v) is 15.3. The predicted octanol–water partition coefficient (Wildman–Crippen LogP) is 2.16. The number of anilines is 1. The summed E-state index contributed by atoms with van der Waals surface area (Å²) in [7, 11) is 2.13. The first-order valence-electron chi connectivity index (χ1n) is 9.03. The first kappa shape index (κ1) is 17.6. The Hall–Kier alpha value is -2.21. The first-order valence-corrected chi connectivity index (χ1v) is 9.03. The van der Waals surface area contributed by atoms with Crippen molar-refractivity contribution >= 4 is 22.5 Å². The van der Waals surface area contributed by atoms with Crippen LogP contribution in [0, 0.1) is 5.92 Å². The summed E-state index contributed by atoms with van der Waals surface area (Å²) < 4.78 is 0. The third-order valence-corrected chi connectivity index (χ3v) is 4.69. The summed E-state index contributed by atoms with van der Waals surface area (Å²) in [6, 6.07) is 7.93. The van der Waals surface area contributed by atoms with Crippen LogP contribution < -0.4 is 10.2 Å². The van der Waals surface area contributed by atoms with Crippen molar-refractivity contribution < 1.29 is 4.79 Å². The summed E-state index contributed by atoms with van der Waals surface area (Å²) in [5.41, 5.74) is 0.414. The van der Waals surface area contributed by atoms with Gasteiger partial charge in [0.15, 0.2) is 11.5 Å². The molecule has 1 aliphatic rings. The summed E-state index contributed by atoms with van der Waals surface area (Å²) >= 11 is 0. The molecular weight excluding hydrogens is 314 g/mol. The van der Waals surface area contributed by atoms with Crippen LogP contribution in [0.3, 0.4) is 0 Å². The van der Waals surface area contributed by atoms with Crippen molar-refractivity contribution in [2.24, 2.45) is 5.92 Å². The van der Waals surface area contributed by atoms with Gasteiger partial charge in [-0.2, -0.15) is 0 Å². The van der Waals surface area contributed by atoms with E-state index >= 15 is 0 Å². The van der Waals surface area contributed by atoms with Crippen molar-refractivity contribution in [1.82, 2.24) is 20.4 Å². The lowest BCUT2D eigenvalue weighted by molar-refractivity contribution is 0.0948. The number of hydrogen-bond acceptors (Lipinski definition) is 5. The molecule has 6 nitrogen and oxygen atoms in total. The zero-order valence-electron chi connectivity index (χ0n) is 15.3. The molecule has 25 heavy (non-hydrogen) atoms. The molecular formula is C19H27N5O. The van der Waals surface area contributed by atoms with Crippen LogP contribution in [0.4, 0.5) is 5.82 Å². The molecule has 1 aliphatic heterocycles. The maximum atomic E-state index is 12.5. The number of nitrogens with zero attached hydrogens (tertiary/aromatic N) is 4. The molecule has 0 aliphatic carbocycles. The molecule has 2 aromatic rings. The smallest absolute Gasteiger partial charge is 0.272 e. The number of rotatable bonds is 5. The van der Waals surface area contributed by atoms with Gasteiger partial charge in [0, 0.05) is 43.5 Å². The number of hydrogen-bond donors (Lipinski definition) is 1. The number of piperazine rings is 1. The van der Waals surface area contributed by atoms with E-state index in [9.17, 15) is 4.79 Å². The average molecular weight is 341 g/mol. The van der Waals surface area contributed by atoms with E-state index in [0.717, 1.165) is 49.2 Å². The number of carbonyl (C=O) groups excluding carboxylic acids is 1. The van der Waals surface area contributed by atoms with Gasteiger partial charge in [0.25, 0.3) is 5.91 Å². The van der Waals surface area contributed by atoms with Crippen LogP contribution in [0.1, 0.15) is 30.8 Å². The van der Waals surface area contributed by atoms with Gasteiger partial charge in [-0.15, -0.1) is 10.2 Å². The van der Waals surface area contributed by atoms with E-state index in [1.165, 1.54) is 0 Å². The normalized spacial score (nSPS) is 15.8. The minimum atomic E-state index is -0.144. The molecule has 1 N–H and O–H groups in total. The average Bonchev–Trinajstić information content (AvgIpc) is 2.61. The highest BCUT2D eigenvalue weighted by molar-refractivity contribution is 6.07. The van der Waals surface area contributed by atoms with Crippen LogP contribution in [-0.4, -0.2) is 60.8 Å². The molecule has 0 radical (unpaired) electrons. The molecule has 1 saturated heterocycles. The first-order chi connectivity index (χ1) is 12.1. The van der Waals surface area contributed by atoms with Gasteiger partial charge >= 0.3 is 0 Å². The maximum absolute atomic E-state index is 12.5. The molecule has 0 atom stereocenters. The monoisotopic (exact) mass is 341 g/mol. The third kappa shape index (κ3) is 4.07. The number of carbonyl (C=O) groups is 1. The van der Waals surface area contributed by atoms with Crippen LogP contribution in [0.25, 0.3) is 10.8 Å². The Kier molecular flexibility index (Phi) is 5.48. The Morgan fingerprint density at radius 3 is 2.48 bits per heavy atom. The minimum Gasteiger partial charge on any atom is -0.352 e. The van der Waals surface area contributed by atoms with Gasteiger partial charge in [-0.05, 0) is 19.4 Å². The van der Waals surface area contributed by atoms with Gasteiger partial charge in [0.2, 0.25) is 0 Å². The number of nitrogens with one attached hydrogen (secondary N) is 1. The lowest BCUT2D eigenvalue weighted by atomic mass is 10.1. The summed E-state index contributed by atoms with van der Waals surface area (Å²) in [4.78, 5) is 17.1. The van der Waals surface area contributed by atoms with Gasteiger partial charge in [0.1, 0.15) is 0 Å². The predicted molar refractivity (Wildman–Crippen MR) is 101 cm³/mol. The van der Waals surface area contributed by atoms with Crippen LogP contribution in [-0.2, 0) is 0 Å². The van der Waals surface area contributed by atoms with Gasteiger partial charge in [-0.1, -0.05) is 38.1 Å². The molecule has 1 aromatic carbocycles. The van der Waals surface area contributed by atoms with E-state index in [1.807, 2.05) is 24.3 Å². The van der Waals surface area contributed by atoms with Crippen molar-refractivity contribution in [2.45, 2.75) is 20.3 Å². The second kappa shape index (κ2) is 7.78. The summed E-state index contributed by atoms with van der Waals surface area (Å²) in [5, 5.41) is 13.5. The van der Waals surface area contributed by atoms with Crippen LogP contribution in [0.2, 0.25) is 0 Å². The highest BCUT2D eigenvalue weighted by atomic mass is 16.1. The lowest BCUT2D eigenvalue weighted by Crippen LogP contribution is -2.45. The Morgan fingerprint density at radius 2 is 1.80 bits per heavy atom. The maximum Gasteiger partial charge on any atom is 0.272 e. The molecule has 6 heteroatoms. The van der Waals surface area contributed by atoms with Crippen LogP contribution in [0.5, 0.6) is 0 Å². The molecule has 2 heterocycles. The van der Waals surface area contributed by atoms with E-state index < -0.39 is 0 Å². The second-order valence-electron chi connectivity index (χ2n) is 7.15. The molecule has 0 bridgehead atoms. The van der Waals surface area contributed by atoms with Gasteiger partial charge in [-0.25, -0.2) is 0 Å². The molecule has 134 valence electrons. The number of amides is 1. The molecule has 1 fully saturated rings. The van der Waals surface area contributed by atoms with Crippen molar-refractivity contribution in [1.29, 1.82) is 0 Å². The van der Waals surface area contributed by atoms with Gasteiger partial charge in [-0.3, -0.25) is 4.79 Å². The zero-order chi connectivity index (χ0) is 17.8. The summed E-state index contributed by atoms with van der Waals surface area (Å²) in [5.74, 6) is 1.29. The van der Waals surface area contributed by atoms with E-state index in [2.05, 4.69) is 46.2 Å². The molecule has 0 spiro atoms. The number of fused-ring (bicyclic) bond motifs is 1. The molecule has 0 unspecified atom stereocenters. The Balaban J connectivity index is 1.87. The van der Waals surface area contributed by atoms with Crippen LogP contribution in [0.15, 0.2) is 24.3 Å². The topological polar surface area (TPSA) is 61.4 Å². The standard InChI is InChI=1S/C19H27N5O/c1-14(2)8-9-20-19(25)17-15-6-4-5-7-16(15)18(22-21-17)24-12-10-23(3)11-13-24/h4-7,14H,8-13H2,1-3H3,(H,20,25). The second-order valence-corrected chi connectivity index (χ2v) is 7.15. The number of benzene rings is 1. The van der Waals surface area contributed by atoms with Gasteiger partial charge < -0.3 is 15.1 Å². The quantitative estimate of drug-likeness (QED) is 0.903. The highest BCUT2D eigenvalue weighted by Gasteiger charge is 2.21. The van der Waals surface area contributed by atoms with Crippen molar-refractivity contribution in [3.63, 3.8) is 0 Å². The molecule has 0 saturated carbocycles. The van der Waals surface area contributed by atoms with Crippen molar-refractivity contribution in [3.05, 3.63) is 30.0 Å². The molecule has 1 amide bonds. The Morgan fingerprint density at radius 1 is 1.12 bits per heavy atom. The Labute approximate surface area is 149 Å². The fourth-order valence-electron chi connectivity index (χ4n) is 3.07. The summed E-state index contributed by atoms with van der Waals surface area (Å²) in [6.45, 7) is 8.82. The van der Waals surface area contributed by atoms with E-state index in [1.54, 1.807) is 0 Å². The number of likely N-dealkylation sites (N-methyl/N-ethyl adjacent to an activating group) is 1. The molecule has 1 aromatic heterocycles. The molecule has 3 rings (SSSR count). The summed E-state index contributed by atoms with van der Waals surface area (Å²) in [6.07, 6.45) is 0.955. The van der Waals surface area contributed by atoms with Crippen molar-refractivity contribution in [3.8, 4) is 0 Å².